The molecule has 7 heteroatoms. The Kier molecular flexibility index (Phi) is 5.41. The van der Waals surface area contributed by atoms with Crippen LogP contribution in [0, 0.1) is 0 Å². The Morgan fingerprint density at radius 1 is 1.32 bits per heavy atom. The van der Waals surface area contributed by atoms with E-state index in [0.717, 1.165) is 5.57 Å². The second-order valence-corrected chi connectivity index (χ2v) is 4.99. The molecule has 0 saturated carbocycles. The van der Waals surface area contributed by atoms with Gasteiger partial charge in [-0.2, -0.15) is 0 Å². The van der Waals surface area contributed by atoms with Gasteiger partial charge in [-0.3, -0.25) is 0 Å². The number of allylic oxidation sites excluding steroid dienone is 1. The molecule has 0 radical (unpaired) electrons. The number of carbonyl (C=O) groups excluding carboxylic acids is 2. The molecule has 1 rings (SSSR count). The molecule has 0 amide bonds. The van der Waals surface area contributed by atoms with Gasteiger partial charge in [-0.1, -0.05) is 11.6 Å². The zero-order chi connectivity index (χ0) is 14.6. The number of carbonyl (C=O) groups is 2. The van der Waals surface area contributed by atoms with E-state index in [9.17, 15) is 9.59 Å². The lowest BCUT2D eigenvalue weighted by Gasteiger charge is -2.22. The molecule has 0 aromatic rings. The summed E-state index contributed by atoms with van der Waals surface area (Å²) < 4.78 is 9.37. The number of rotatable bonds is 4. The molecule has 0 aliphatic carbocycles. The number of nitrogens with one attached hydrogen (secondary N) is 1. The van der Waals surface area contributed by atoms with Crippen molar-refractivity contribution < 1.29 is 19.1 Å². The molecule has 0 saturated heterocycles. The van der Waals surface area contributed by atoms with Gasteiger partial charge in [-0.05, 0) is 29.8 Å². The molecule has 0 aromatic carbocycles. The van der Waals surface area contributed by atoms with Crippen molar-refractivity contribution in [1.82, 2.24) is 10.2 Å². The predicted molar refractivity (Wildman–Crippen MR) is 73.0 cm³/mol. The molecule has 19 heavy (non-hydrogen) atoms. The first-order valence-electron chi connectivity index (χ1n) is 5.63. The lowest BCUT2D eigenvalue weighted by molar-refractivity contribution is -0.140. The molecule has 6 nitrogen and oxygen atoms in total. The summed E-state index contributed by atoms with van der Waals surface area (Å²) in [6.07, 6.45) is 1.94. The van der Waals surface area contributed by atoms with Crippen LogP contribution < -0.4 is 5.32 Å². The lowest BCUT2D eigenvalue weighted by atomic mass is 10.3. The van der Waals surface area contributed by atoms with E-state index in [1.54, 1.807) is 4.90 Å². The van der Waals surface area contributed by atoms with Crippen molar-refractivity contribution in [3.63, 3.8) is 0 Å². The molecule has 0 bridgehead atoms. The lowest BCUT2D eigenvalue weighted by Crippen LogP contribution is -2.34. The largest absolute Gasteiger partial charge is 0.464 e. The molecule has 0 fully saturated rings. The molecule has 1 heterocycles. The minimum Gasteiger partial charge on any atom is -0.464 e. The van der Waals surface area contributed by atoms with Gasteiger partial charge < -0.3 is 19.7 Å². The summed E-state index contributed by atoms with van der Waals surface area (Å²) in [5.41, 5.74) is 1.36. The van der Waals surface area contributed by atoms with Gasteiger partial charge in [-0.15, -0.1) is 0 Å². The van der Waals surface area contributed by atoms with E-state index in [2.05, 4.69) is 26.0 Å². The van der Waals surface area contributed by atoms with E-state index < -0.39 is 11.9 Å². The summed E-state index contributed by atoms with van der Waals surface area (Å²) in [6, 6.07) is 0. The fourth-order valence-electron chi connectivity index (χ4n) is 1.56. The second-order valence-electron chi connectivity index (χ2n) is 4.12. The first-order valence-corrected chi connectivity index (χ1v) is 6.55. The third-order valence-electron chi connectivity index (χ3n) is 2.53. The van der Waals surface area contributed by atoms with Crippen LogP contribution in [0.1, 0.15) is 13.8 Å². The molecular formula is C12H17BrN2O4. The predicted octanol–water partition coefficient (Wildman–Crippen LogP) is 1.09. The number of methoxy groups -OCH3 is 2. The molecule has 0 aromatic heterocycles. The van der Waals surface area contributed by atoms with Crippen molar-refractivity contribution in [2.24, 2.45) is 0 Å². The average molecular weight is 333 g/mol. The molecule has 0 spiro atoms. The first-order chi connectivity index (χ1) is 8.92. The van der Waals surface area contributed by atoms with Gasteiger partial charge in [-0.25, -0.2) is 9.59 Å². The Bertz CT molecular complexity index is 441. The SMILES string of the molecule is COC(=O)C1=C(C(=O)OC)N(CC=C(C)C)C(Br)N1. The van der Waals surface area contributed by atoms with Crippen LogP contribution in [0.4, 0.5) is 0 Å². The Labute approximate surface area is 120 Å². The van der Waals surface area contributed by atoms with Crippen LogP contribution in [0.3, 0.4) is 0 Å². The molecule has 106 valence electrons. The van der Waals surface area contributed by atoms with Gasteiger partial charge in [0.1, 0.15) is 0 Å². The van der Waals surface area contributed by atoms with Gasteiger partial charge in [0, 0.05) is 6.54 Å². The van der Waals surface area contributed by atoms with Crippen LogP contribution in [-0.4, -0.2) is 42.7 Å². The van der Waals surface area contributed by atoms with Gasteiger partial charge in [0.25, 0.3) is 0 Å². The van der Waals surface area contributed by atoms with Crippen molar-refractivity contribution in [1.29, 1.82) is 0 Å². The topological polar surface area (TPSA) is 67.9 Å². The molecule has 1 atom stereocenters. The summed E-state index contributed by atoms with van der Waals surface area (Å²) in [4.78, 5) is 25.2. The fraction of sp³-hybridized carbons (Fsp3) is 0.500. The highest BCUT2D eigenvalue weighted by atomic mass is 79.9. The number of hydrogen-bond donors (Lipinski definition) is 1. The molecule has 1 aliphatic heterocycles. The van der Waals surface area contributed by atoms with Crippen molar-refractivity contribution in [2.75, 3.05) is 20.8 Å². The second kappa shape index (κ2) is 6.60. The zero-order valence-corrected chi connectivity index (χ0v) is 12.9. The van der Waals surface area contributed by atoms with Gasteiger partial charge in [0.15, 0.2) is 16.5 Å². The third-order valence-corrected chi connectivity index (χ3v) is 3.25. The number of hydrogen-bond acceptors (Lipinski definition) is 6. The maximum absolute atomic E-state index is 11.8. The van der Waals surface area contributed by atoms with E-state index in [1.807, 2.05) is 19.9 Å². The molecular weight excluding hydrogens is 316 g/mol. The maximum atomic E-state index is 11.8. The highest BCUT2D eigenvalue weighted by Gasteiger charge is 2.37. The van der Waals surface area contributed by atoms with Crippen molar-refractivity contribution >= 4 is 27.9 Å². The van der Waals surface area contributed by atoms with Crippen LogP contribution in [-0.2, 0) is 19.1 Å². The minimum atomic E-state index is -0.607. The Morgan fingerprint density at radius 3 is 2.37 bits per heavy atom. The number of alkyl halides is 1. The van der Waals surface area contributed by atoms with Crippen LogP contribution >= 0.6 is 15.9 Å². The van der Waals surface area contributed by atoms with E-state index in [-0.39, 0.29) is 16.5 Å². The van der Waals surface area contributed by atoms with Gasteiger partial charge in [0.2, 0.25) is 0 Å². The van der Waals surface area contributed by atoms with Crippen molar-refractivity contribution in [3.8, 4) is 0 Å². The summed E-state index contributed by atoms with van der Waals surface area (Å²) in [5, 5.41) is 2.49. The molecule has 1 N–H and O–H groups in total. The monoisotopic (exact) mass is 332 g/mol. The van der Waals surface area contributed by atoms with Crippen LogP contribution in [0.25, 0.3) is 0 Å². The van der Waals surface area contributed by atoms with Gasteiger partial charge in [0.05, 0.1) is 14.2 Å². The molecule has 1 aliphatic rings. The standard InChI is InChI=1S/C12H17BrN2O4/c1-7(2)5-6-15-9(11(17)19-4)8(10(16)18-3)14-12(15)13/h5,12,14H,6H2,1-4H3. The van der Waals surface area contributed by atoms with Crippen LogP contribution in [0.15, 0.2) is 23.0 Å². The quantitative estimate of drug-likeness (QED) is 0.360. The highest BCUT2D eigenvalue weighted by Crippen LogP contribution is 2.25. The summed E-state index contributed by atoms with van der Waals surface area (Å²) in [5.74, 6) is -1.19. The number of esters is 2. The van der Waals surface area contributed by atoms with E-state index in [0.29, 0.717) is 6.54 Å². The zero-order valence-electron chi connectivity index (χ0n) is 11.3. The number of ether oxygens (including phenoxy) is 2. The smallest absolute Gasteiger partial charge is 0.356 e. The Balaban J connectivity index is 3.13. The van der Waals surface area contributed by atoms with Gasteiger partial charge >= 0.3 is 11.9 Å². The normalized spacial score (nSPS) is 17.9. The number of halogens is 1. The van der Waals surface area contributed by atoms with Crippen molar-refractivity contribution in [2.45, 2.75) is 18.9 Å². The van der Waals surface area contributed by atoms with Crippen LogP contribution in [0.5, 0.6) is 0 Å². The average Bonchev–Trinajstić information content (AvgIpc) is 2.71. The third kappa shape index (κ3) is 3.50. The van der Waals surface area contributed by atoms with Crippen molar-refractivity contribution in [3.05, 3.63) is 23.0 Å². The summed E-state index contributed by atoms with van der Waals surface area (Å²) in [7, 11) is 2.53. The van der Waals surface area contributed by atoms with E-state index in [1.165, 1.54) is 14.2 Å². The maximum Gasteiger partial charge on any atom is 0.356 e. The highest BCUT2D eigenvalue weighted by molar-refractivity contribution is 9.09. The van der Waals surface area contributed by atoms with E-state index >= 15 is 0 Å². The summed E-state index contributed by atoms with van der Waals surface area (Å²) >= 11 is 3.36. The minimum absolute atomic E-state index is 0.0957. The summed E-state index contributed by atoms with van der Waals surface area (Å²) in [6.45, 7) is 4.38. The Morgan fingerprint density at radius 2 is 1.89 bits per heavy atom. The molecule has 1 unspecified atom stereocenters. The van der Waals surface area contributed by atoms with E-state index in [4.69, 9.17) is 4.74 Å². The fourth-order valence-corrected chi connectivity index (χ4v) is 2.16. The number of nitrogens with zero attached hydrogens (tertiary/aromatic N) is 1. The first kappa shape index (κ1) is 15.6. The van der Waals surface area contributed by atoms with Crippen LogP contribution in [0.2, 0.25) is 0 Å². The Hall–Kier alpha value is -1.50.